The van der Waals surface area contributed by atoms with Gasteiger partial charge >= 0.3 is 0 Å². The maximum atomic E-state index is 12.4. The molecule has 1 atom stereocenters. The fourth-order valence-corrected chi connectivity index (χ4v) is 2.34. The lowest BCUT2D eigenvalue weighted by Crippen LogP contribution is -2.38. The molecule has 3 heteroatoms. The Morgan fingerprint density at radius 1 is 1.00 bits per heavy atom. The summed E-state index contributed by atoms with van der Waals surface area (Å²) in [6, 6.07) is 20.1. The zero-order valence-corrected chi connectivity index (χ0v) is 12.0. The van der Waals surface area contributed by atoms with Gasteiger partial charge in [0.05, 0.1) is 0 Å². The first kappa shape index (κ1) is 13.8. The first-order valence-electron chi connectivity index (χ1n) is 7.45. The second-order valence-corrected chi connectivity index (χ2v) is 5.49. The molecule has 2 N–H and O–H groups in total. The highest BCUT2D eigenvalue weighted by Crippen LogP contribution is 2.21. The van der Waals surface area contributed by atoms with Crippen molar-refractivity contribution in [2.75, 3.05) is 0 Å². The summed E-state index contributed by atoms with van der Waals surface area (Å²) >= 11 is 0. The lowest BCUT2D eigenvalue weighted by atomic mass is 10.1. The van der Waals surface area contributed by atoms with E-state index in [0.29, 0.717) is 12.6 Å². The molecule has 3 nitrogen and oxygen atoms in total. The van der Waals surface area contributed by atoms with E-state index in [1.807, 2.05) is 48.5 Å². The lowest BCUT2D eigenvalue weighted by Gasteiger charge is -2.19. The number of nitrogens with one attached hydrogen (secondary N) is 2. The van der Waals surface area contributed by atoms with E-state index in [1.54, 1.807) is 0 Å². The summed E-state index contributed by atoms with van der Waals surface area (Å²) in [5.41, 5.74) is 2.18. The predicted molar refractivity (Wildman–Crippen MR) is 83.6 cm³/mol. The summed E-state index contributed by atoms with van der Waals surface area (Å²) in [6.45, 7) is 0.679. The van der Waals surface area contributed by atoms with Crippen LogP contribution in [0.3, 0.4) is 0 Å². The minimum atomic E-state index is -0.299. The summed E-state index contributed by atoms with van der Waals surface area (Å²) in [5, 5.41) is 6.46. The maximum absolute atomic E-state index is 12.4. The normalized spacial score (nSPS) is 15.4. The van der Waals surface area contributed by atoms with Crippen molar-refractivity contribution in [2.24, 2.45) is 0 Å². The van der Waals surface area contributed by atoms with Crippen molar-refractivity contribution >= 4 is 5.91 Å². The highest BCUT2D eigenvalue weighted by Gasteiger charge is 2.28. The number of carbonyl (C=O) groups excluding carboxylic acids is 1. The minimum Gasteiger partial charge on any atom is -0.352 e. The molecular formula is C18H20N2O. The Labute approximate surface area is 125 Å². The maximum Gasteiger partial charge on any atom is 0.241 e. The Bertz CT molecular complexity index is 579. The quantitative estimate of drug-likeness (QED) is 0.854. The molecule has 2 aromatic rings. The van der Waals surface area contributed by atoms with E-state index in [4.69, 9.17) is 0 Å². The third-order valence-corrected chi connectivity index (χ3v) is 3.67. The molecular weight excluding hydrogens is 260 g/mol. The molecule has 0 aliphatic heterocycles. The first-order valence-corrected chi connectivity index (χ1v) is 7.45. The summed E-state index contributed by atoms with van der Waals surface area (Å²) in [5.74, 6) is 0.0691. The van der Waals surface area contributed by atoms with Gasteiger partial charge in [0.25, 0.3) is 0 Å². The summed E-state index contributed by atoms with van der Waals surface area (Å²) in [4.78, 5) is 12.4. The fraction of sp³-hybridized carbons (Fsp3) is 0.278. The Balaban J connectivity index is 1.70. The highest BCUT2D eigenvalue weighted by molar-refractivity contribution is 5.83. The molecule has 1 aliphatic carbocycles. The molecule has 0 radical (unpaired) electrons. The van der Waals surface area contributed by atoms with Gasteiger partial charge in [-0.25, -0.2) is 0 Å². The van der Waals surface area contributed by atoms with Gasteiger partial charge in [-0.2, -0.15) is 0 Å². The number of hydrogen-bond acceptors (Lipinski definition) is 2. The van der Waals surface area contributed by atoms with E-state index in [9.17, 15) is 4.79 Å². The van der Waals surface area contributed by atoms with E-state index in [0.717, 1.165) is 18.4 Å². The molecule has 21 heavy (non-hydrogen) atoms. The van der Waals surface area contributed by atoms with Gasteiger partial charge in [-0.1, -0.05) is 60.7 Å². The van der Waals surface area contributed by atoms with E-state index >= 15 is 0 Å². The molecule has 3 rings (SSSR count). The van der Waals surface area contributed by atoms with Crippen molar-refractivity contribution in [3.63, 3.8) is 0 Å². The van der Waals surface area contributed by atoms with Crippen LogP contribution in [0.2, 0.25) is 0 Å². The van der Waals surface area contributed by atoms with Crippen LogP contribution in [0.1, 0.15) is 30.0 Å². The zero-order chi connectivity index (χ0) is 14.5. The van der Waals surface area contributed by atoms with E-state index in [-0.39, 0.29) is 11.9 Å². The van der Waals surface area contributed by atoms with Crippen molar-refractivity contribution in [1.29, 1.82) is 0 Å². The van der Waals surface area contributed by atoms with Gasteiger partial charge in [0.2, 0.25) is 5.91 Å². The average Bonchev–Trinajstić information content (AvgIpc) is 3.33. The zero-order valence-electron chi connectivity index (χ0n) is 12.0. The Morgan fingerprint density at radius 2 is 1.62 bits per heavy atom. The Kier molecular flexibility index (Phi) is 4.31. The van der Waals surface area contributed by atoms with Crippen LogP contribution in [-0.2, 0) is 11.3 Å². The summed E-state index contributed by atoms with van der Waals surface area (Å²) < 4.78 is 0. The second kappa shape index (κ2) is 6.55. The van der Waals surface area contributed by atoms with Crippen molar-refractivity contribution in [1.82, 2.24) is 10.6 Å². The summed E-state index contributed by atoms with van der Waals surface area (Å²) in [7, 11) is 0. The summed E-state index contributed by atoms with van der Waals surface area (Å²) in [6.07, 6.45) is 2.21. The van der Waals surface area contributed by atoms with Crippen molar-refractivity contribution in [3.05, 3.63) is 71.8 Å². The van der Waals surface area contributed by atoms with Crippen molar-refractivity contribution in [2.45, 2.75) is 31.5 Å². The van der Waals surface area contributed by atoms with Gasteiger partial charge in [-0.05, 0) is 24.0 Å². The standard InChI is InChI=1S/C18H20N2O/c21-18(20-16-11-12-16)17(15-9-5-2-6-10-15)19-13-14-7-3-1-4-8-14/h1-10,16-17,19H,11-13H2,(H,20,21). The molecule has 0 saturated heterocycles. The van der Waals surface area contributed by atoms with Crippen LogP contribution in [-0.4, -0.2) is 11.9 Å². The number of carbonyl (C=O) groups is 1. The number of hydrogen-bond donors (Lipinski definition) is 2. The molecule has 1 aliphatic rings. The van der Waals surface area contributed by atoms with Gasteiger partial charge in [-0.15, -0.1) is 0 Å². The molecule has 0 heterocycles. The van der Waals surface area contributed by atoms with E-state index in [1.165, 1.54) is 5.56 Å². The fourth-order valence-electron chi connectivity index (χ4n) is 2.34. The third-order valence-electron chi connectivity index (χ3n) is 3.67. The predicted octanol–water partition coefficient (Wildman–Crippen LogP) is 2.80. The van der Waals surface area contributed by atoms with E-state index < -0.39 is 0 Å². The Morgan fingerprint density at radius 3 is 2.24 bits per heavy atom. The van der Waals surface area contributed by atoms with Gasteiger partial charge in [0.15, 0.2) is 0 Å². The van der Waals surface area contributed by atoms with Crippen LogP contribution >= 0.6 is 0 Å². The largest absolute Gasteiger partial charge is 0.352 e. The topological polar surface area (TPSA) is 41.1 Å². The highest BCUT2D eigenvalue weighted by atomic mass is 16.2. The smallest absolute Gasteiger partial charge is 0.241 e. The molecule has 0 bridgehead atoms. The average molecular weight is 280 g/mol. The van der Waals surface area contributed by atoms with Crippen LogP contribution in [0.25, 0.3) is 0 Å². The third kappa shape index (κ3) is 3.92. The van der Waals surface area contributed by atoms with Gasteiger partial charge in [0.1, 0.15) is 6.04 Å². The molecule has 108 valence electrons. The van der Waals surface area contributed by atoms with Crippen molar-refractivity contribution < 1.29 is 4.79 Å². The van der Waals surface area contributed by atoms with Gasteiger partial charge in [0, 0.05) is 12.6 Å². The molecule has 2 aromatic carbocycles. The van der Waals surface area contributed by atoms with Crippen LogP contribution in [0.15, 0.2) is 60.7 Å². The monoisotopic (exact) mass is 280 g/mol. The molecule has 0 aromatic heterocycles. The molecule has 1 saturated carbocycles. The molecule has 1 unspecified atom stereocenters. The minimum absolute atomic E-state index is 0.0691. The SMILES string of the molecule is O=C(NC1CC1)C(NCc1ccccc1)c1ccccc1. The number of rotatable bonds is 6. The van der Waals surface area contributed by atoms with Crippen LogP contribution in [0.5, 0.6) is 0 Å². The lowest BCUT2D eigenvalue weighted by molar-refractivity contribution is -0.123. The second-order valence-electron chi connectivity index (χ2n) is 5.49. The van der Waals surface area contributed by atoms with Crippen LogP contribution in [0, 0.1) is 0 Å². The number of benzene rings is 2. The first-order chi connectivity index (χ1) is 10.3. The van der Waals surface area contributed by atoms with Crippen LogP contribution < -0.4 is 10.6 Å². The number of amides is 1. The van der Waals surface area contributed by atoms with Gasteiger partial charge in [-0.3, -0.25) is 10.1 Å². The van der Waals surface area contributed by atoms with Crippen molar-refractivity contribution in [3.8, 4) is 0 Å². The van der Waals surface area contributed by atoms with Crippen LogP contribution in [0.4, 0.5) is 0 Å². The molecule has 0 spiro atoms. The van der Waals surface area contributed by atoms with E-state index in [2.05, 4.69) is 22.8 Å². The van der Waals surface area contributed by atoms with Gasteiger partial charge < -0.3 is 5.32 Å². The molecule has 1 fully saturated rings. The molecule has 1 amide bonds. The Hall–Kier alpha value is -2.13.